The third kappa shape index (κ3) is 3.58. The highest BCUT2D eigenvalue weighted by molar-refractivity contribution is 7.10. The van der Waals surface area contributed by atoms with Crippen LogP contribution in [0.1, 0.15) is 16.4 Å². The first-order valence-electron chi connectivity index (χ1n) is 8.25. The van der Waals surface area contributed by atoms with Crippen molar-refractivity contribution in [2.75, 3.05) is 6.54 Å². The van der Waals surface area contributed by atoms with E-state index in [2.05, 4.69) is 4.98 Å². The Bertz CT molecular complexity index is 1110. The molecule has 1 unspecified atom stereocenters. The van der Waals surface area contributed by atoms with Gasteiger partial charge in [-0.2, -0.15) is 0 Å². The van der Waals surface area contributed by atoms with Crippen molar-refractivity contribution >= 4 is 45.4 Å². The van der Waals surface area contributed by atoms with Gasteiger partial charge in [0.25, 0.3) is 0 Å². The lowest BCUT2D eigenvalue weighted by molar-refractivity contribution is -0.481. The summed E-state index contributed by atoms with van der Waals surface area (Å²) in [5.74, 6) is -0.361. The number of nitrogens with zero attached hydrogens (tertiary/aromatic N) is 1. The number of hydrogen-bond donors (Lipinski definition) is 1. The van der Waals surface area contributed by atoms with Crippen LogP contribution in [0.2, 0.25) is 10.0 Å². The summed E-state index contributed by atoms with van der Waals surface area (Å²) in [5, 5.41) is 15.6. The largest absolute Gasteiger partial charge is 0.354 e. The van der Waals surface area contributed by atoms with Gasteiger partial charge < -0.3 is 4.98 Å². The van der Waals surface area contributed by atoms with Gasteiger partial charge in [-0.25, -0.2) is 0 Å². The number of H-pyrrole nitrogens is 1. The SMILES string of the molecule is O=[N+]([O-])CC(c1cccs1)c1c(-c2ccc(Cl)cc2)[nH]c2cc(Cl)ccc12. The number of aromatic amines is 1. The minimum absolute atomic E-state index is 0.184. The second-order valence-electron chi connectivity index (χ2n) is 6.19. The fourth-order valence-corrected chi connectivity index (χ4v) is 4.49. The molecule has 0 aliphatic carbocycles. The van der Waals surface area contributed by atoms with Crippen molar-refractivity contribution in [1.82, 2.24) is 4.98 Å². The molecule has 4 nitrogen and oxygen atoms in total. The second-order valence-corrected chi connectivity index (χ2v) is 8.05. The Morgan fingerprint density at radius 1 is 1.07 bits per heavy atom. The molecule has 2 aromatic heterocycles. The van der Waals surface area contributed by atoms with E-state index >= 15 is 0 Å². The maximum Gasteiger partial charge on any atom is 0.215 e. The van der Waals surface area contributed by atoms with Crippen LogP contribution < -0.4 is 0 Å². The Hall–Kier alpha value is -2.34. The number of nitrogens with one attached hydrogen (secondary N) is 1. The van der Waals surface area contributed by atoms with E-state index in [9.17, 15) is 10.1 Å². The summed E-state index contributed by atoms with van der Waals surface area (Å²) in [4.78, 5) is 15.6. The monoisotopic (exact) mass is 416 g/mol. The Morgan fingerprint density at radius 3 is 2.48 bits per heavy atom. The Balaban J connectivity index is 1.99. The normalized spacial score (nSPS) is 12.4. The number of aromatic nitrogens is 1. The van der Waals surface area contributed by atoms with Gasteiger partial charge in [-0.3, -0.25) is 10.1 Å². The van der Waals surface area contributed by atoms with E-state index in [1.54, 1.807) is 0 Å². The molecule has 1 atom stereocenters. The van der Waals surface area contributed by atoms with Crippen LogP contribution in [0.15, 0.2) is 60.0 Å². The topological polar surface area (TPSA) is 58.9 Å². The summed E-state index contributed by atoms with van der Waals surface area (Å²) in [6.07, 6.45) is 0. The Labute approximate surface area is 169 Å². The smallest absolute Gasteiger partial charge is 0.215 e. The molecule has 2 heterocycles. The average Bonchev–Trinajstić information content (AvgIpc) is 3.28. The lowest BCUT2D eigenvalue weighted by atomic mass is 9.92. The number of halogens is 2. The van der Waals surface area contributed by atoms with Crippen molar-refractivity contribution < 1.29 is 4.92 Å². The molecule has 2 aromatic carbocycles. The first-order valence-corrected chi connectivity index (χ1v) is 9.89. The second kappa shape index (κ2) is 7.35. The van der Waals surface area contributed by atoms with Crippen LogP contribution in [0.4, 0.5) is 0 Å². The van der Waals surface area contributed by atoms with E-state index in [-0.39, 0.29) is 17.4 Å². The first-order chi connectivity index (χ1) is 13.0. The number of benzene rings is 2. The molecule has 0 radical (unpaired) electrons. The van der Waals surface area contributed by atoms with Gasteiger partial charge in [0, 0.05) is 36.3 Å². The van der Waals surface area contributed by atoms with Crippen LogP contribution in [0, 0.1) is 10.1 Å². The molecule has 4 aromatic rings. The number of nitro groups is 1. The standard InChI is InChI=1S/C20H14Cl2N2O2S/c21-13-5-3-12(4-6-13)20-19(15-8-7-14(22)10-17(15)23-20)16(11-24(25)26)18-2-1-9-27-18/h1-10,16,23H,11H2. The average molecular weight is 417 g/mol. The summed E-state index contributed by atoms with van der Waals surface area (Å²) in [6.45, 7) is -0.184. The molecule has 4 rings (SSSR count). The van der Waals surface area contributed by atoms with Gasteiger partial charge in [0.1, 0.15) is 0 Å². The van der Waals surface area contributed by atoms with E-state index in [1.165, 1.54) is 11.3 Å². The highest BCUT2D eigenvalue weighted by Gasteiger charge is 2.28. The molecule has 1 N–H and O–H groups in total. The van der Waals surface area contributed by atoms with Gasteiger partial charge in [0.15, 0.2) is 0 Å². The summed E-state index contributed by atoms with van der Waals surface area (Å²) in [5.41, 5.74) is 3.53. The first kappa shape index (κ1) is 18.0. The summed E-state index contributed by atoms with van der Waals surface area (Å²) >= 11 is 13.7. The maximum absolute atomic E-state index is 11.4. The zero-order valence-corrected chi connectivity index (χ0v) is 16.3. The third-order valence-corrected chi connectivity index (χ3v) is 5.97. The minimum atomic E-state index is -0.361. The fraction of sp³-hybridized carbons (Fsp3) is 0.100. The van der Waals surface area contributed by atoms with E-state index in [0.29, 0.717) is 10.0 Å². The third-order valence-electron chi connectivity index (χ3n) is 4.50. The zero-order chi connectivity index (χ0) is 19.0. The molecule has 0 saturated heterocycles. The summed E-state index contributed by atoms with van der Waals surface area (Å²) < 4.78 is 0. The highest BCUT2D eigenvalue weighted by atomic mass is 35.5. The predicted molar refractivity (Wildman–Crippen MR) is 112 cm³/mol. The molecule has 7 heteroatoms. The van der Waals surface area contributed by atoms with Crippen molar-refractivity contribution in [1.29, 1.82) is 0 Å². The van der Waals surface area contributed by atoms with Crippen LogP contribution in [0.5, 0.6) is 0 Å². The van der Waals surface area contributed by atoms with E-state index in [1.807, 2.05) is 60.0 Å². The van der Waals surface area contributed by atoms with Crippen LogP contribution in [0.3, 0.4) is 0 Å². The van der Waals surface area contributed by atoms with E-state index < -0.39 is 0 Å². The van der Waals surface area contributed by atoms with Gasteiger partial charge in [0.05, 0.1) is 11.6 Å². The molecule has 0 amide bonds. The van der Waals surface area contributed by atoms with Crippen molar-refractivity contribution in [3.05, 3.63) is 90.6 Å². The van der Waals surface area contributed by atoms with Gasteiger partial charge in [-0.15, -0.1) is 11.3 Å². The molecule has 0 aliphatic rings. The van der Waals surface area contributed by atoms with E-state index in [0.717, 1.165) is 32.6 Å². The van der Waals surface area contributed by atoms with Crippen molar-refractivity contribution in [3.8, 4) is 11.3 Å². The van der Waals surface area contributed by atoms with Crippen LogP contribution in [0.25, 0.3) is 22.2 Å². The fourth-order valence-electron chi connectivity index (χ4n) is 3.36. The van der Waals surface area contributed by atoms with Crippen LogP contribution >= 0.6 is 34.5 Å². The molecule has 27 heavy (non-hydrogen) atoms. The van der Waals surface area contributed by atoms with Gasteiger partial charge in [0.2, 0.25) is 6.54 Å². The number of hydrogen-bond acceptors (Lipinski definition) is 3. The summed E-state index contributed by atoms with van der Waals surface area (Å²) in [7, 11) is 0. The number of fused-ring (bicyclic) bond motifs is 1. The Morgan fingerprint density at radius 2 is 1.81 bits per heavy atom. The Kier molecular flexibility index (Phi) is 4.91. The number of thiophene rings is 1. The molecule has 136 valence electrons. The van der Waals surface area contributed by atoms with Crippen LogP contribution in [-0.2, 0) is 0 Å². The van der Waals surface area contributed by atoms with Crippen molar-refractivity contribution in [3.63, 3.8) is 0 Å². The molecule has 0 spiro atoms. The van der Waals surface area contributed by atoms with Gasteiger partial charge >= 0.3 is 0 Å². The lowest BCUT2D eigenvalue weighted by Crippen LogP contribution is -2.13. The molecular weight excluding hydrogens is 403 g/mol. The van der Waals surface area contributed by atoms with Gasteiger partial charge in [-0.05, 0) is 41.3 Å². The van der Waals surface area contributed by atoms with Crippen molar-refractivity contribution in [2.24, 2.45) is 0 Å². The quantitative estimate of drug-likeness (QED) is 0.293. The maximum atomic E-state index is 11.4. The van der Waals surface area contributed by atoms with E-state index in [4.69, 9.17) is 23.2 Å². The molecule has 0 bridgehead atoms. The summed E-state index contributed by atoms with van der Waals surface area (Å²) in [6, 6.07) is 16.9. The molecule has 0 fully saturated rings. The van der Waals surface area contributed by atoms with Gasteiger partial charge in [-0.1, -0.05) is 47.5 Å². The molecular formula is C20H14Cl2N2O2S. The predicted octanol–water partition coefficient (Wildman–Crippen LogP) is 6.61. The van der Waals surface area contributed by atoms with Crippen molar-refractivity contribution in [2.45, 2.75) is 5.92 Å². The lowest BCUT2D eigenvalue weighted by Gasteiger charge is -2.14. The number of rotatable bonds is 5. The van der Waals surface area contributed by atoms with Crippen LogP contribution in [-0.4, -0.2) is 16.5 Å². The molecule has 0 aliphatic heterocycles. The minimum Gasteiger partial charge on any atom is -0.354 e. The zero-order valence-electron chi connectivity index (χ0n) is 14.0. The highest BCUT2D eigenvalue weighted by Crippen LogP contribution is 2.41. The molecule has 0 saturated carbocycles.